The van der Waals surface area contributed by atoms with Crippen molar-refractivity contribution in [3.63, 3.8) is 0 Å². The molecule has 1 N–H and O–H groups in total. The minimum atomic E-state index is 0.128. The topological polar surface area (TPSA) is 23.5 Å². The van der Waals surface area contributed by atoms with Gasteiger partial charge in [-0.25, -0.2) is 0 Å². The molecule has 0 spiro atoms. The lowest BCUT2D eigenvalue weighted by molar-refractivity contribution is 0.236. The highest BCUT2D eigenvalue weighted by atomic mass is 16.2. The molecule has 0 saturated carbocycles. The van der Waals surface area contributed by atoms with Crippen molar-refractivity contribution in [2.24, 2.45) is 0 Å². The van der Waals surface area contributed by atoms with Crippen LogP contribution < -0.4 is 0 Å². The van der Waals surface area contributed by atoms with E-state index in [1.807, 2.05) is 6.07 Å². The Morgan fingerprint density at radius 2 is 2.05 bits per heavy atom. The molecule has 0 saturated heterocycles. The predicted octanol–water partition coefficient (Wildman–Crippen LogP) is 3.04. The molecule has 1 aromatic rings. The average molecular weight is 259 g/mol. The summed E-state index contributed by atoms with van der Waals surface area (Å²) < 4.78 is 0. The number of nitrogens with zero attached hydrogens (tertiary/aromatic N) is 1. The summed E-state index contributed by atoms with van der Waals surface area (Å²) in [5.74, 6) is 6.15. The molecule has 19 heavy (non-hydrogen) atoms. The normalized spacial score (nSPS) is 12.1. The summed E-state index contributed by atoms with van der Waals surface area (Å²) in [6.07, 6.45) is 2.97. The lowest BCUT2D eigenvalue weighted by Gasteiger charge is -2.24. The Balaban J connectivity index is 2.75. The van der Waals surface area contributed by atoms with Gasteiger partial charge < -0.3 is 5.11 Å². The molecular weight excluding hydrogens is 234 g/mol. The maximum Gasteiger partial charge on any atom is 0.0540 e. The van der Waals surface area contributed by atoms with Crippen molar-refractivity contribution in [3.05, 3.63) is 35.4 Å². The van der Waals surface area contributed by atoms with Crippen molar-refractivity contribution in [2.45, 2.75) is 45.7 Å². The summed E-state index contributed by atoms with van der Waals surface area (Å²) in [4.78, 5) is 2.37. The van der Waals surface area contributed by atoms with Crippen LogP contribution in [0.15, 0.2) is 24.3 Å². The average Bonchev–Trinajstić information content (AvgIpc) is 2.41. The highest BCUT2D eigenvalue weighted by Gasteiger charge is 2.10. The molecule has 0 aliphatic rings. The number of benzene rings is 1. The Hall–Kier alpha value is -1.30. The molecule has 2 heteroatoms. The predicted molar refractivity (Wildman–Crippen MR) is 80.9 cm³/mol. The van der Waals surface area contributed by atoms with E-state index in [2.05, 4.69) is 55.8 Å². The Morgan fingerprint density at radius 3 is 2.74 bits per heavy atom. The highest BCUT2D eigenvalue weighted by Crippen LogP contribution is 2.13. The van der Waals surface area contributed by atoms with Gasteiger partial charge in [0.1, 0.15) is 0 Å². The van der Waals surface area contributed by atoms with Gasteiger partial charge in [-0.15, -0.1) is 0 Å². The van der Waals surface area contributed by atoms with E-state index in [4.69, 9.17) is 5.11 Å². The third-order valence-electron chi connectivity index (χ3n) is 3.36. The number of hydrogen-bond acceptors (Lipinski definition) is 2. The lowest BCUT2D eigenvalue weighted by atomic mass is 10.1. The van der Waals surface area contributed by atoms with E-state index in [-0.39, 0.29) is 6.61 Å². The summed E-state index contributed by atoms with van der Waals surface area (Å²) in [7, 11) is 2.16. The summed E-state index contributed by atoms with van der Waals surface area (Å²) >= 11 is 0. The summed E-state index contributed by atoms with van der Waals surface area (Å²) in [6.45, 7) is 5.54. The minimum absolute atomic E-state index is 0.128. The standard InChI is InChI=1S/C17H25NO/c1-4-9-15(2)18(3)14-17-12-6-5-10-16(17)11-7-8-13-19/h5-6,10,12,15,19H,4,8-9,13-14H2,1-3H3. The Kier molecular flexibility index (Phi) is 7.25. The summed E-state index contributed by atoms with van der Waals surface area (Å²) in [6, 6.07) is 8.85. The SMILES string of the molecule is CCCC(C)N(C)Cc1ccccc1C#CCCO. The van der Waals surface area contributed by atoms with Crippen molar-refractivity contribution < 1.29 is 5.11 Å². The molecule has 1 atom stereocenters. The maximum atomic E-state index is 8.78. The molecular formula is C17H25NO. The second-order valence-electron chi connectivity index (χ2n) is 4.99. The first-order valence-electron chi connectivity index (χ1n) is 7.07. The molecule has 0 aliphatic carbocycles. The number of aliphatic hydroxyl groups is 1. The molecule has 1 unspecified atom stereocenters. The first-order valence-corrected chi connectivity index (χ1v) is 7.07. The zero-order valence-electron chi connectivity index (χ0n) is 12.3. The fraction of sp³-hybridized carbons (Fsp3) is 0.529. The van der Waals surface area contributed by atoms with Gasteiger partial charge in [-0.05, 0) is 32.0 Å². The molecule has 104 valence electrons. The molecule has 0 bridgehead atoms. The Morgan fingerprint density at radius 1 is 1.32 bits per heavy atom. The molecule has 0 aromatic heterocycles. The summed E-state index contributed by atoms with van der Waals surface area (Å²) in [5.41, 5.74) is 2.34. The van der Waals surface area contributed by atoms with Crippen LogP contribution >= 0.6 is 0 Å². The van der Waals surface area contributed by atoms with Crippen LogP contribution in [0, 0.1) is 11.8 Å². The second kappa shape index (κ2) is 8.74. The molecule has 0 fully saturated rings. The van der Waals surface area contributed by atoms with Crippen molar-refractivity contribution in [1.29, 1.82) is 0 Å². The molecule has 0 heterocycles. The summed E-state index contributed by atoms with van der Waals surface area (Å²) in [5, 5.41) is 8.78. The smallest absolute Gasteiger partial charge is 0.0540 e. The third kappa shape index (κ3) is 5.46. The first kappa shape index (κ1) is 15.8. The minimum Gasteiger partial charge on any atom is -0.395 e. The Labute approximate surface area is 117 Å². The first-order chi connectivity index (χ1) is 9.19. The van der Waals surface area contributed by atoms with Gasteiger partial charge in [0.15, 0.2) is 0 Å². The van der Waals surface area contributed by atoms with Crippen LogP contribution in [-0.2, 0) is 6.54 Å². The van der Waals surface area contributed by atoms with E-state index in [0.717, 1.165) is 12.1 Å². The second-order valence-corrected chi connectivity index (χ2v) is 4.99. The van der Waals surface area contributed by atoms with Gasteiger partial charge in [0.05, 0.1) is 6.61 Å². The van der Waals surface area contributed by atoms with Gasteiger partial charge >= 0.3 is 0 Å². The van der Waals surface area contributed by atoms with Gasteiger partial charge in [-0.1, -0.05) is 43.4 Å². The van der Waals surface area contributed by atoms with Crippen LogP contribution in [0.25, 0.3) is 0 Å². The monoisotopic (exact) mass is 259 g/mol. The fourth-order valence-corrected chi connectivity index (χ4v) is 2.06. The van der Waals surface area contributed by atoms with Gasteiger partial charge in [0.25, 0.3) is 0 Å². The number of rotatable bonds is 6. The Bertz CT molecular complexity index is 430. The van der Waals surface area contributed by atoms with E-state index >= 15 is 0 Å². The fourth-order valence-electron chi connectivity index (χ4n) is 2.06. The van der Waals surface area contributed by atoms with Crippen molar-refractivity contribution in [3.8, 4) is 11.8 Å². The zero-order chi connectivity index (χ0) is 14.1. The van der Waals surface area contributed by atoms with Crippen LogP contribution in [0.2, 0.25) is 0 Å². The van der Waals surface area contributed by atoms with Crippen molar-refractivity contribution in [1.82, 2.24) is 4.90 Å². The van der Waals surface area contributed by atoms with Crippen LogP contribution in [0.1, 0.15) is 44.2 Å². The zero-order valence-corrected chi connectivity index (χ0v) is 12.3. The molecule has 0 radical (unpaired) electrons. The number of hydrogen-bond donors (Lipinski definition) is 1. The van der Waals surface area contributed by atoms with E-state index in [1.54, 1.807) is 0 Å². The quantitative estimate of drug-likeness (QED) is 0.794. The van der Waals surface area contributed by atoms with E-state index in [0.29, 0.717) is 12.5 Å². The van der Waals surface area contributed by atoms with Crippen LogP contribution in [0.3, 0.4) is 0 Å². The molecule has 1 aromatic carbocycles. The molecule has 1 rings (SSSR count). The third-order valence-corrected chi connectivity index (χ3v) is 3.36. The largest absolute Gasteiger partial charge is 0.395 e. The van der Waals surface area contributed by atoms with E-state index in [1.165, 1.54) is 18.4 Å². The van der Waals surface area contributed by atoms with Gasteiger partial charge in [-0.3, -0.25) is 4.90 Å². The van der Waals surface area contributed by atoms with E-state index < -0.39 is 0 Å². The number of aliphatic hydroxyl groups excluding tert-OH is 1. The van der Waals surface area contributed by atoms with Gasteiger partial charge in [0.2, 0.25) is 0 Å². The van der Waals surface area contributed by atoms with Crippen molar-refractivity contribution >= 4 is 0 Å². The van der Waals surface area contributed by atoms with E-state index in [9.17, 15) is 0 Å². The molecule has 0 aliphatic heterocycles. The van der Waals surface area contributed by atoms with Crippen LogP contribution in [0.4, 0.5) is 0 Å². The van der Waals surface area contributed by atoms with Gasteiger partial charge in [0, 0.05) is 24.6 Å². The van der Waals surface area contributed by atoms with Gasteiger partial charge in [-0.2, -0.15) is 0 Å². The molecule has 0 amide bonds. The highest BCUT2D eigenvalue weighted by molar-refractivity contribution is 5.41. The van der Waals surface area contributed by atoms with Crippen molar-refractivity contribution in [2.75, 3.05) is 13.7 Å². The molecule has 2 nitrogen and oxygen atoms in total. The van der Waals surface area contributed by atoms with Crippen LogP contribution in [-0.4, -0.2) is 29.7 Å². The maximum absolute atomic E-state index is 8.78. The van der Waals surface area contributed by atoms with Crippen LogP contribution in [0.5, 0.6) is 0 Å². The lowest BCUT2D eigenvalue weighted by Crippen LogP contribution is -2.28.